The Morgan fingerprint density at radius 2 is 1.73 bits per heavy atom. The van der Waals surface area contributed by atoms with Crippen LogP contribution in [-0.4, -0.2) is 73.7 Å². The number of hydrogen-bond acceptors (Lipinski definition) is 11. The third-order valence-corrected chi connectivity index (χ3v) is 14.2. The third-order valence-electron chi connectivity index (χ3n) is 14.2. The fraction of sp³-hybridized carbons (Fsp3) is 0.490. The van der Waals surface area contributed by atoms with E-state index < -0.39 is 47.7 Å². The molecule has 2 fully saturated rings. The number of hydrogen-bond donors (Lipinski definition) is 6. The molecule has 3 aromatic carbocycles. The van der Waals surface area contributed by atoms with Gasteiger partial charge in [-0.3, -0.25) is 9.59 Å². The van der Waals surface area contributed by atoms with Crippen molar-refractivity contribution >= 4 is 23.4 Å². The van der Waals surface area contributed by atoms with E-state index in [1.165, 1.54) is 6.07 Å². The van der Waals surface area contributed by atoms with Crippen LogP contribution in [0, 0.1) is 29.6 Å². The summed E-state index contributed by atoms with van der Waals surface area (Å²) in [4.78, 5) is 42.1. The van der Waals surface area contributed by atoms with Crippen LogP contribution in [0.2, 0.25) is 0 Å². The van der Waals surface area contributed by atoms with Crippen LogP contribution in [0.5, 0.6) is 11.5 Å². The SMILES string of the molecule is C[C@H](O)CNc1cc(CO)cc([C@H]2C#C[C@@H]3CC(=O)Oc4cc(O)c(cc43)C[C@H]3OC(=O)/C(=C4\CCc5ccc(cc5C[C@H]4O)C[C@H]4C(=O)CC[C@H]5[C@H]4CCC[C@@]35O)C2)c1. The highest BCUT2D eigenvalue weighted by Crippen LogP contribution is 2.52. The molecule has 3 aliphatic heterocycles. The number of aliphatic hydroxyl groups is 4. The average Bonchev–Trinajstić information content (AvgIpc) is 3.37. The normalized spacial score (nSPS) is 31.5. The maximum atomic E-state index is 15.3. The minimum Gasteiger partial charge on any atom is -0.508 e. The number of aliphatic hydroxyl groups excluding tert-OH is 3. The second kappa shape index (κ2) is 16.1. The number of esters is 2. The van der Waals surface area contributed by atoms with Crippen LogP contribution >= 0.6 is 0 Å². The second-order valence-corrected chi connectivity index (χ2v) is 18.0. The van der Waals surface area contributed by atoms with E-state index in [1.807, 2.05) is 12.1 Å². The maximum absolute atomic E-state index is 15.3. The Morgan fingerprint density at radius 3 is 2.55 bits per heavy atom. The fourth-order valence-electron chi connectivity index (χ4n) is 11.2. The van der Waals surface area contributed by atoms with Crippen molar-refractivity contribution in [2.45, 2.75) is 126 Å². The summed E-state index contributed by atoms with van der Waals surface area (Å²) in [6, 6.07) is 14.9. The van der Waals surface area contributed by atoms with Crippen molar-refractivity contribution in [3.8, 4) is 23.3 Å². The topological polar surface area (TPSA) is 183 Å². The number of ether oxygens (including phenoxy) is 2. The van der Waals surface area contributed by atoms with Crippen LogP contribution < -0.4 is 10.1 Å². The molecule has 0 saturated heterocycles. The number of aryl methyl sites for hydroxylation is 1. The highest BCUT2D eigenvalue weighted by atomic mass is 16.6. The number of ketones is 1. The van der Waals surface area contributed by atoms with Crippen molar-refractivity contribution in [3.63, 3.8) is 0 Å². The van der Waals surface area contributed by atoms with Crippen LogP contribution in [0.25, 0.3) is 0 Å². The van der Waals surface area contributed by atoms with E-state index in [1.54, 1.807) is 19.1 Å². The third kappa shape index (κ3) is 7.64. The number of nitrogens with one attached hydrogen (secondary N) is 1. The molecule has 9 rings (SSSR count). The summed E-state index contributed by atoms with van der Waals surface area (Å²) in [5, 5.41) is 60.6. The first-order valence-electron chi connectivity index (χ1n) is 21.6. The summed E-state index contributed by atoms with van der Waals surface area (Å²) >= 11 is 0. The molecule has 3 aliphatic carbocycles. The van der Waals surface area contributed by atoms with E-state index >= 15 is 4.79 Å². The van der Waals surface area contributed by atoms with Gasteiger partial charge in [0.25, 0.3) is 0 Å². The van der Waals surface area contributed by atoms with Gasteiger partial charge in [0.05, 0.1) is 31.2 Å². The number of carbonyl (C=O) groups excluding carboxylic acids is 3. The molecule has 6 N–H and O–H groups in total. The van der Waals surface area contributed by atoms with Crippen molar-refractivity contribution in [2.75, 3.05) is 11.9 Å². The van der Waals surface area contributed by atoms with Gasteiger partial charge >= 0.3 is 11.9 Å². The average molecular weight is 816 g/mol. The monoisotopic (exact) mass is 815 g/mol. The van der Waals surface area contributed by atoms with Gasteiger partial charge in [-0.1, -0.05) is 42.5 Å². The Hall–Kier alpha value is -4.99. The second-order valence-electron chi connectivity index (χ2n) is 18.0. The molecule has 6 aliphatic rings. The van der Waals surface area contributed by atoms with Crippen molar-refractivity contribution in [2.24, 2.45) is 17.8 Å². The van der Waals surface area contributed by atoms with Gasteiger partial charge in [0, 0.05) is 60.5 Å². The van der Waals surface area contributed by atoms with E-state index in [9.17, 15) is 35.1 Å². The van der Waals surface area contributed by atoms with Gasteiger partial charge in [0.1, 0.15) is 29.0 Å². The lowest BCUT2D eigenvalue weighted by Crippen LogP contribution is -2.59. The largest absolute Gasteiger partial charge is 0.508 e. The van der Waals surface area contributed by atoms with Crippen molar-refractivity contribution in [3.05, 3.63) is 98.6 Å². The molecule has 3 aromatic rings. The van der Waals surface area contributed by atoms with Gasteiger partial charge in [-0.05, 0) is 121 Å². The molecule has 0 amide bonds. The Kier molecular flexibility index (Phi) is 10.9. The smallest absolute Gasteiger partial charge is 0.334 e. The molecule has 0 spiro atoms. The molecular formula is C49H53NO10. The Morgan fingerprint density at radius 1 is 0.900 bits per heavy atom. The number of benzene rings is 3. The van der Waals surface area contributed by atoms with E-state index in [0.717, 1.165) is 23.1 Å². The molecule has 0 aromatic heterocycles. The van der Waals surface area contributed by atoms with E-state index in [0.29, 0.717) is 78.5 Å². The van der Waals surface area contributed by atoms with Gasteiger partial charge in [-0.2, -0.15) is 0 Å². The van der Waals surface area contributed by atoms with Gasteiger partial charge < -0.3 is 40.3 Å². The minimum atomic E-state index is -1.56. The number of rotatable bonds is 5. The van der Waals surface area contributed by atoms with Crippen LogP contribution in [-0.2, 0) is 51.4 Å². The van der Waals surface area contributed by atoms with Crippen molar-refractivity contribution in [1.29, 1.82) is 0 Å². The van der Waals surface area contributed by atoms with E-state index in [-0.39, 0.29) is 79.4 Å². The molecule has 9 atom stereocenters. The lowest BCUT2D eigenvalue weighted by molar-refractivity contribution is -0.191. The summed E-state index contributed by atoms with van der Waals surface area (Å²) in [6.07, 6.45) is 1.16. The van der Waals surface area contributed by atoms with E-state index in [2.05, 4.69) is 35.4 Å². The van der Waals surface area contributed by atoms with E-state index in [4.69, 9.17) is 9.47 Å². The number of carbonyl (C=O) groups is 3. The maximum Gasteiger partial charge on any atom is 0.334 e. The molecule has 11 bridgehead atoms. The highest BCUT2D eigenvalue weighted by molar-refractivity contribution is 5.90. The zero-order valence-electron chi connectivity index (χ0n) is 33.9. The molecule has 3 heterocycles. The van der Waals surface area contributed by atoms with Crippen LogP contribution in [0.4, 0.5) is 5.69 Å². The summed E-state index contributed by atoms with van der Waals surface area (Å²) < 4.78 is 12.3. The van der Waals surface area contributed by atoms with Gasteiger partial charge in [0.15, 0.2) is 0 Å². The van der Waals surface area contributed by atoms with Gasteiger partial charge in [-0.15, -0.1) is 0 Å². The summed E-state index contributed by atoms with van der Waals surface area (Å²) in [7, 11) is 0. The number of phenols is 1. The fourth-order valence-corrected chi connectivity index (χ4v) is 11.2. The number of fused-ring (bicyclic) bond motifs is 8. The molecule has 0 unspecified atom stereocenters. The van der Waals surface area contributed by atoms with Gasteiger partial charge in [0.2, 0.25) is 0 Å². The Labute approximate surface area is 349 Å². The predicted octanol–water partition coefficient (Wildman–Crippen LogP) is 5.24. The quantitative estimate of drug-likeness (QED) is 0.113. The number of phenolic OH excluding ortho intramolecular Hbond substituents is 1. The number of aromatic hydroxyl groups is 1. The molecule has 11 heteroatoms. The molecule has 11 nitrogen and oxygen atoms in total. The standard InChI is InChI=1S/C49H53NO10/c1-26(52)24-50-35-15-28(25-51)14-32(17-35)30-6-7-31-22-47(56)59-45-23-43(54)34(19-38(31)45)21-46-49(58)12-2-3-36-39(42(53)11-10-41(36)49)16-27-4-5-29-8-9-37(40(18-30)48(57)60-46)44(55)20-33(29)13-27/h4-5,13-15,17,19,23,26,30-31,36,39,41,44,46,50-52,54-55,58H,2-3,8-12,16,18,20-22,24-25H2,1H3/b40-37+/t26-,30-,31+,36-,39+,41-,44+,46+,49-/m0/s1. The Balaban J connectivity index is 1.27. The van der Waals surface area contributed by atoms with Crippen molar-refractivity contribution in [1.82, 2.24) is 0 Å². The first-order chi connectivity index (χ1) is 28.9. The highest BCUT2D eigenvalue weighted by Gasteiger charge is 2.55. The minimum absolute atomic E-state index is 0.00514. The lowest BCUT2D eigenvalue weighted by atomic mass is 9.56. The molecule has 314 valence electrons. The molecule has 2 saturated carbocycles. The Bertz CT molecular complexity index is 2340. The van der Waals surface area contributed by atoms with Crippen LogP contribution in [0.15, 0.2) is 59.7 Å². The van der Waals surface area contributed by atoms with Crippen LogP contribution in [0.3, 0.4) is 0 Å². The zero-order chi connectivity index (χ0) is 41.9. The molecule has 60 heavy (non-hydrogen) atoms. The van der Waals surface area contributed by atoms with Gasteiger partial charge in [-0.25, -0.2) is 4.79 Å². The zero-order valence-corrected chi connectivity index (χ0v) is 33.9. The first-order valence-corrected chi connectivity index (χ1v) is 21.6. The number of anilines is 1. The summed E-state index contributed by atoms with van der Waals surface area (Å²) in [5.74, 6) is 3.55. The molecule has 0 radical (unpaired) electrons. The summed E-state index contributed by atoms with van der Waals surface area (Å²) in [5.41, 5.74) is 5.13. The molecular weight excluding hydrogens is 763 g/mol. The summed E-state index contributed by atoms with van der Waals surface area (Å²) in [6.45, 7) is 1.63. The first kappa shape index (κ1) is 40.4. The lowest BCUT2D eigenvalue weighted by Gasteiger charge is -2.52. The van der Waals surface area contributed by atoms with Crippen LogP contribution in [0.1, 0.15) is 109 Å². The van der Waals surface area contributed by atoms with Crippen molar-refractivity contribution < 1.29 is 49.4 Å². The number of Topliss-reactive ketones (excluding diaryl/α,β-unsaturated/α-hetero) is 1. The predicted molar refractivity (Wildman–Crippen MR) is 221 cm³/mol.